The molecule has 1 aromatic rings. The van der Waals surface area contributed by atoms with Crippen LogP contribution in [0.5, 0.6) is 0 Å². The summed E-state index contributed by atoms with van der Waals surface area (Å²) >= 11 is 0. The quantitative estimate of drug-likeness (QED) is 0.638. The predicted octanol–water partition coefficient (Wildman–Crippen LogP) is 0.630. The van der Waals surface area contributed by atoms with Crippen molar-refractivity contribution in [3.8, 4) is 0 Å². The topological polar surface area (TPSA) is 56.2 Å². The van der Waals surface area contributed by atoms with Crippen LogP contribution in [0.2, 0.25) is 0 Å². The summed E-state index contributed by atoms with van der Waals surface area (Å²) in [4.78, 5) is 16.1. The Labute approximate surface area is 150 Å². The average molecular weight is 346 g/mol. The van der Waals surface area contributed by atoms with Gasteiger partial charge in [-0.3, -0.25) is 9.89 Å². The number of nitrogens with one attached hydrogen (secondary N) is 1. The maximum Gasteiger partial charge on any atom is 0.194 e. The van der Waals surface area contributed by atoms with Crippen LogP contribution >= 0.6 is 0 Å². The third kappa shape index (κ3) is 4.61. The third-order valence-corrected chi connectivity index (χ3v) is 4.91. The number of anilines is 1. The number of rotatable bonds is 4. The highest BCUT2D eigenvalue weighted by Crippen LogP contribution is 2.17. The van der Waals surface area contributed by atoms with Gasteiger partial charge in [0, 0.05) is 53.4 Å². The zero-order chi connectivity index (χ0) is 17.6. The molecule has 0 saturated carbocycles. The molecule has 1 aromatic heterocycles. The first-order chi connectivity index (χ1) is 12.2. The Hall–Kier alpha value is -1.86. The van der Waals surface area contributed by atoms with Crippen molar-refractivity contribution in [2.45, 2.75) is 19.0 Å². The third-order valence-electron chi connectivity index (χ3n) is 4.91. The van der Waals surface area contributed by atoms with Gasteiger partial charge in [-0.15, -0.1) is 0 Å². The number of nitrogens with zero attached hydrogens (tertiary/aromatic N) is 5. The molecular formula is C18H30N6O. The van der Waals surface area contributed by atoms with Crippen LogP contribution in [0, 0.1) is 0 Å². The van der Waals surface area contributed by atoms with Crippen molar-refractivity contribution in [3.05, 3.63) is 23.9 Å². The SMILES string of the molecule is CN=C(NCc1cccc(N(C)C)n1)N1CCC(N2CCOCC2)C1. The molecule has 2 saturated heterocycles. The summed E-state index contributed by atoms with van der Waals surface area (Å²) in [7, 11) is 5.87. The number of pyridine rings is 1. The second-order valence-electron chi connectivity index (χ2n) is 6.82. The molecule has 138 valence electrons. The maximum absolute atomic E-state index is 5.47. The van der Waals surface area contributed by atoms with E-state index in [9.17, 15) is 0 Å². The van der Waals surface area contributed by atoms with Gasteiger partial charge >= 0.3 is 0 Å². The number of aliphatic imine (C=N–C) groups is 1. The number of aromatic nitrogens is 1. The van der Waals surface area contributed by atoms with Gasteiger partial charge in [-0.2, -0.15) is 0 Å². The first kappa shape index (κ1) is 17.9. The minimum absolute atomic E-state index is 0.609. The van der Waals surface area contributed by atoms with Gasteiger partial charge in [0.25, 0.3) is 0 Å². The monoisotopic (exact) mass is 346 g/mol. The highest BCUT2D eigenvalue weighted by molar-refractivity contribution is 5.80. The summed E-state index contributed by atoms with van der Waals surface area (Å²) in [6.07, 6.45) is 1.19. The molecule has 0 bridgehead atoms. The molecule has 1 N–H and O–H groups in total. The highest BCUT2D eigenvalue weighted by atomic mass is 16.5. The molecule has 3 heterocycles. The zero-order valence-electron chi connectivity index (χ0n) is 15.6. The number of morpholine rings is 1. The molecule has 0 spiro atoms. The van der Waals surface area contributed by atoms with E-state index < -0.39 is 0 Å². The molecule has 2 aliphatic heterocycles. The van der Waals surface area contributed by atoms with Crippen molar-refractivity contribution in [1.29, 1.82) is 0 Å². The van der Waals surface area contributed by atoms with Gasteiger partial charge in [-0.25, -0.2) is 4.98 Å². The number of hydrogen-bond donors (Lipinski definition) is 1. The van der Waals surface area contributed by atoms with E-state index in [1.54, 1.807) is 0 Å². The van der Waals surface area contributed by atoms with Crippen LogP contribution in [0.3, 0.4) is 0 Å². The molecule has 0 aromatic carbocycles. The minimum atomic E-state index is 0.609. The molecular weight excluding hydrogens is 316 g/mol. The van der Waals surface area contributed by atoms with Gasteiger partial charge < -0.3 is 19.9 Å². The van der Waals surface area contributed by atoms with Crippen molar-refractivity contribution in [2.24, 2.45) is 4.99 Å². The van der Waals surface area contributed by atoms with Gasteiger partial charge in [0.15, 0.2) is 5.96 Å². The number of ether oxygens (including phenoxy) is 1. The van der Waals surface area contributed by atoms with Crippen LogP contribution in [0.4, 0.5) is 5.82 Å². The smallest absolute Gasteiger partial charge is 0.194 e. The van der Waals surface area contributed by atoms with Gasteiger partial charge in [0.05, 0.1) is 25.5 Å². The normalized spacial score (nSPS) is 22.3. The Morgan fingerprint density at radius 3 is 2.84 bits per heavy atom. The highest BCUT2D eigenvalue weighted by Gasteiger charge is 2.30. The summed E-state index contributed by atoms with van der Waals surface area (Å²) in [5, 5.41) is 3.47. The van der Waals surface area contributed by atoms with Crippen LogP contribution in [0.1, 0.15) is 12.1 Å². The molecule has 7 heteroatoms. The molecule has 0 radical (unpaired) electrons. The zero-order valence-corrected chi connectivity index (χ0v) is 15.6. The van der Waals surface area contributed by atoms with Gasteiger partial charge in [-0.1, -0.05) is 6.07 Å². The largest absolute Gasteiger partial charge is 0.379 e. The summed E-state index contributed by atoms with van der Waals surface area (Å²) in [6, 6.07) is 6.73. The van der Waals surface area contributed by atoms with Crippen molar-refractivity contribution >= 4 is 11.8 Å². The van der Waals surface area contributed by atoms with Crippen LogP contribution in [0.15, 0.2) is 23.2 Å². The summed E-state index contributed by atoms with van der Waals surface area (Å²) < 4.78 is 5.47. The Balaban J connectivity index is 1.54. The second kappa shape index (κ2) is 8.49. The molecule has 25 heavy (non-hydrogen) atoms. The van der Waals surface area contributed by atoms with Crippen molar-refractivity contribution < 1.29 is 4.74 Å². The molecule has 1 unspecified atom stereocenters. The van der Waals surface area contributed by atoms with Crippen molar-refractivity contribution in [1.82, 2.24) is 20.1 Å². The van der Waals surface area contributed by atoms with Crippen LogP contribution < -0.4 is 10.2 Å². The van der Waals surface area contributed by atoms with E-state index in [1.165, 1.54) is 6.42 Å². The van der Waals surface area contributed by atoms with Crippen molar-refractivity contribution in [3.63, 3.8) is 0 Å². The second-order valence-corrected chi connectivity index (χ2v) is 6.82. The number of guanidine groups is 1. The lowest BCUT2D eigenvalue weighted by Crippen LogP contribution is -2.46. The Morgan fingerprint density at radius 2 is 2.12 bits per heavy atom. The standard InChI is InChI=1S/C18H30N6O/c1-19-18(20-13-15-5-4-6-17(21-15)22(2)3)24-8-7-16(14-24)23-9-11-25-12-10-23/h4-6,16H,7-14H2,1-3H3,(H,19,20). The van der Waals surface area contributed by atoms with E-state index in [1.807, 2.05) is 44.2 Å². The van der Waals surface area contributed by atoms with Gasteiger partial charge in [-0.05, 0) is 18.6 Å². The fraction of sp³-hybridized carbons (Fsp3) is 0.667. The van der Waals surface area contributed by atoms with Crippen LogP contribution in [-0.2, 0) is 11.3 Å². The lowest BCUT2D eigenvalue weighted by Gasteiger charge is -2.32. The molecule has 3 rings (SSSR count). The number of hydrogen-bond acceptors (Lipinski definition) is 5. The molecule has 0 aliphatic carbocycles. The molecule has 0 amide bonds. The maximum atomic E-state index is 5.47. The number of likely N-dealkylation sites (tertiary alicyclic amines) is 1. The van der Waals surface area contributed by atoms with E-state index in [4.69, 9.17) is 4.74 Å². The fourth-order valence-corrected chi connectivity index (χ4v) is 3.49. The molecule has 1 atom stereocenters. The first-order valence-electron chi connectivity index (χ1n) is 9.08. The fourth-order valence-electron chi connectivity index (χ4n) is 3.49. The lowest BCUT2D eigenvalue weighted by molar-refractivity contribution is 0.0195. The molecule has 2 aliphatic rings. The van der Waals surface area contributed by atoms with Crippen molar-refractivity contribution in [2.75, 3.05) is 65.4 Å². The van der Waals surface area contributed by atoms with Gasteiger partial charge in [0.1, 0.15) is 5.82 Å². The lowest BCUT2D eigenvalue weighted by atomic mass is 10.2. The van der Waals surface area contributed by atoms with E-state index in [2.05, 4.69) is 25.1 Å². The summed E-state index contributed by atoms with van der Waals surface area (Å²) in [5.74, 6) is 1.94. The summed E-state index contributed by atoms with van der Waals surface area (Å²) in [6.45, 7) is 6.58. The van der Waals surface area contributed by atoms with Crippen LogP contribution in [0.25, 0.3) is 0 Å². The molecule has 7 nitrogen and oxygen atoms in total. The van der Waals surface area contributed by atoms with Crippen LogP contribution in [-0.4, -0.2) is 87.3 Å². The Bertz CT molecular complexity index is 585. The van der Waals surface area contributed by atoms with E-state index in [-0.39, 0.29) is 0 Å². The molecule has 2 fully saturated rings. The van der Waals surface area contributed by atoms with E-state index in [0.717, 1.165) is 56.9 Å². The Kier molecular flexibility index (Phi) is 6.09. The minimum Gasteiger partial charge on any atom is -0.379 e. The van der Waals surface area contributed by atoms with E-state index >= 15 is 0 Å². The summed E-state index contributed by atoms with van der Waals surface area (Å²) in [5.41, 5.74) is 1.02. The predicted molar refractivity (Wildman–Crippen MR) is 101 cm³/mol. The van der Waals surface area contributed by atoms with Gasteiger partial charge in [0.2, 0.25) is 0 Å². The van der Waals surface area contributed by atoms with E-state index in [0.29, 0.717) is 12.6 Å². The first-order valence-corrected chi connectivity index (χ1v) is 9.08. The Morgan fingerprint density at radius 1 is 1.32 bits per heavy atom. The average Bonchev–Trinajstić information content (AvgIpc) is 3.13.